The van der Waals surface area contributed by atoms with Crippen molar-refractivity contribution >= 4 is 11.3 Å². The minimum atomic E-state index is -0.626. The zero-order valence-corrected chi connectivity index (χ0v) is 11.6. The molecule has 0 saturated carbocycles. The predicted octanol–water partition coefficient (Wildman–Crippen LogP) is 1.40. The summed E-state index contributed by atoms with van der Waals surface area (Å²) in [5.41, 5.74) is 0.250. The molecule has 102 valence electrons. The molecule has 6 heteroatoms. The third kappa shape index (κ3) is 2.32. The van der Waals surface area contributed by atoms with E-state index in [1.165, 1.54) is 34.0 Å². The topological polar surface area (TPSA) is 78.7 Å². The Morgan fingerprint density at radius 1 is 1.35 bits per heavy atom. The molecule has 2 aromatic rings. The number of aryl methyl sites for hydroxylation is 2. The normalized spacial score (nSPS) is 13.8. The summed E-state index contributed by atoms with van der Waals surface area (Å²) < 4.78 is 1.39. The Morgan fingerprint density at radius 2 is 2.15 bits per heavy atom. The van der Waals surface area contributed by atoms with E-state index in [1.807, 2.05) is 0 Å². The molecule has 0 amide bonds. The summed E-state index contributed by atoms with van der Waals surface area (Å²) in [6.07, 6.45) is 6.00. The van der Waals surface area contributed by atoms with Crippen molar-refractivity contribution in [1.29, 1.82) is 5.26 Å². The molecule has 1 aliphatic carbocycles. The van der Waals surface area contributed by atoms with Gasteiger partial charge in [-0.1, -0.05) is 0 Å². The third-order valence-corrected chi connectivity index (χ3v) is 4.73. The summed E-state index contributed by atoms with van der Waals surface area (Å²) in [4.78, 5) is 27.8. The van der Waals surface area contributed by atoms with Gasteiger partial charge in [0.25, 0.3) is 5.56 Å². The standard InChI is InChI=1S/C14H13N3O2S/c15-6-10-7-17(14(19)16-13(10)18)8-11-5-9-3-1-2-4-12(9)20-11/h5,7H,1-4,8H2,(H,16,18,19). The van der Waals surface area contributed by atoms with Crippen molar-refractivity contribution in [3.05, 3.63) is 54.0 Å². The van der Waals surface area contributed by atoms with Crippen LogP contribution in [0.2, 0.25) is 0 Å². The van der Waals surface area contributed by atoms with Crippen LogP contribution in [0, 0.1) is 11.3 Å². The van der Waals surface area contributed by atoms with Gasteiger partial charge in [0.15, 0.2) is 0 Å². The highest BCUT2D eigenvalue weighted by Gasteiger charge is 2.14. The lowest BCUT2D eigenvalue weighted by Crippen LogP contribution is -2.31. The maximum absolute atomic E-state index is 11.8. The lowest BCUT2D eigenvalue weighted by molar-refractivity contribution is 0.695. The molecule has 0 aromatic carbocycles. The van der Waals surface area contributed by atoms with E-state index in [1.54, 1.807) is 17.4 Å². The second-order valence-corrected chi connectivity index (χ2v) is 6.13. The second kappa shape index (κ2) is 5.10. The van der Waals surface area contributed by atoms with E-state index in [0.29, 0.717) is 6.54 Å². The number of nitrogens with zero attached hydrogens (tertiary/aromatic N) is 2. The van der Waals surface area contributed by atoms with Crippen LogP contribution in [0.1, 0.15) is 33.7 Å². The fourth-order valence-electron chi connectivity index (χ4n) is 2.50. The summed E-state index contributed by atoms with van der Waals surface area (Å²) >= 11 is 1.72. The van der Waals surface area contributed by atoms with Crippen molar-refractivity contribution in [1.82, 2.24) is 9.55 Å². The van der Waals surface area contributed by atoms with Crippen LogP contribution >= 0.6 is 11.3 Å². The van der Waals surface area contributed by atoms with Gasteiger partial charge in [-0.2, -0.15) is 5.26 Å². The van der Waals surface area contributed by atoms with E-state index in [2.05, 4.69) is 11.1 Å². The summed E-state index contributed by atoms with van der Waals surface area (Å²) in [7, 11) is 0. The summed E-state index contributed by atoms with van der Waals surface area (Å²) in [5.74, 6) is 0. The first-order valence-corrected chi connectivity index (χ1v) is 7.33. The van der Waals surface area contributed by atoms with E-state index >= 15 is 0 Å². The Hall–Kier alpha value is -2.13. The zero-order chi connectivity index (χ0) is 14.1. The zero-order valence-electron chi connectivity index (χ0n) is 10.8. The molecule has 1 N–H and O–H groups in total. The fourth-order valence-corrected chi connectivity index (χ4v) is 3.76. The van der Waals surface area contributed by atoms with Crippen LogP contribution in [0.5, 0.6) is 0 Å². The Kier molecular flexibility index (Phi) is 3.28. The van der Waals surface area contributed by atoms with Gasteiger partial charge < -0.3 is 0 Å². The van der Waals surface area contributed by atoms with E-state index in [-0.39, 0.29) is 5.56 Å². The Bertz CT molecular complexity index is 784. The summed E-state index contributed by atoms with van der Waals surface area (Å²) in [6.45, 7) is 0.405. The molecule has 0 saturated heterocycles. The van der Waals surface area contributed by atoms with Gasteiger partial charge in [0.2, 0.25) is 0 Å². The van der Waals surface area contributed by atoms with E-state index < -0.39 is 11.2 Å². The van der Waals surface area contributed by atoms with Gasteiger partial charge in [-0.15, -0.1) is 11.3 Å². The molecule has 0 atom stereocenters. The van der Waals surface area contributed by atoms with E-state index in [9.17, 15) is 9.59 Å². The van der Waals surface area contributed by atoms with Crippen molar-refractivity contribution in [2.75, 3.05) is 0 Å². The number of fused-ring (bicyclic) bond motifs is 1. The van der Waals surface area contributed by atoms with Gasteiger partial charge in [0.1, 0.15) is 11.6 Å². The minimum absolute atomic E-state index is 0.0362. The number of H-pyrrole nitrogens is 1. The maximum atomic E-state index is 11.8. The number of hydrogen-bond donors (Lipinski definition) is 1. The molecule has 0 aliphatic heterocycles. The molecule has 1 aliphatic rings. The first-order chi connectivity index (χ1) is 9.67. The molecular weight excluding hydrogens is 274 g/mol. The number of nitrogens with one attached hydrogen (secondary N) is 1. The van der Waals surface area contributed by atoms with Crippen molar-refractivity contribution in [3.63, 3.8) is 0 Å². The molecule has 20 heavy (non-hydrogen) atoms. The SMILES string of the molecule is N#Cc1cn(Cc2cc3c(s2)CCCC3)c(=O)[nH]c1=O. The van der Waals surface area contributed by atoms with Crippen LogP contribution in [0.3, 0.4) is 0 Å². The van der Waals surface area contributed by atoms with Gasteiger partial charge in [0.05, 0.1) is 6.54 Å². The van der Waals surface area contributed by atoms with Gasteiger partial charge in [-0.3, -0.25) is 14.3 Å². The third-order valence-electron chi connectivity index (χ3n) is 3.51. The van der Waals surface area contributed by atoms with E-state index in [0.717, 1.165) is 17.7 Å². The molecule has 0 spiro atoms. The van der Waals surface area contributed by atoms with Crippen LogP contribution in [-0.4, -0.2) is 9.55 Å². The predicted molar refractivity (Wildman–Crippen MR) is 76.1 cm³/mol. The highest BCUT2D eigenvalue weighted by molar-refractivity contribution is 7.12. The highest BCUT2D eigenvalue weighted by atomic mass is 32.1. The quantitative estimate of drug-likeness (QED) is 0.906. The van der Waals surface area contributed by atoms with Gasteiger partial charge in [-0.05, 0) is 37.3 Å². The Morgan fingerprint density at radius 3 is 2.90 bits per heavy atom. The largest absolute Gasteiger partial charge is 0.328 e. The monoisotopic (exact) mass is 287 g/mol. The van der Waals surface area contributed by atoms with Crippen LogP contribution in [0.15, 0.2) is 21.9 Å². The highest BCUT2D eigenvalue weighted by Crippen LogP contribution is 2.29. The Labute approximate surface area is 119 Å². The van der Waals surface area contributed by atoms with Crippen molar-refractivity contribution in [3.8, 4) is 6.07 Å². The molecule has 2 aromatic heterocycles. The molecule has 2 heterocycles. The maximum Gasteiger partial charge on any atom is 0.328 e. The number of hydrogen-bond acceptors (Lipinski definition) is 4. The minimum Gasteiger partial charge on any atom is -0.294 e. The second-order valence-electron chi connectivity index (χ2n) is 4.91. The summed E-state index contributed by atoms with van der Waals surface area (Å²) in [6, 6.07) is 3.94. The fraction of sp³-hybridized carbons (Fsp3) is 0.357. The lowest BCUT2D eigenvalue weighted by atomic mass is 9.99. The summed E-state index contributed by atoms with van der Waals surface area (Å²) in [5, 5.41) is 8.85. The van der Waals surface area contributed by atoms with Gasteiger partial charge in [0, 0.05) is 16.0 Å². The number of thiophene rings is 1. The van der Waals surface area contributed by atoms with E-state index in [4.69, 9.17) is 5.26 Å². The number of aromatic nitrogens is 2. The van der Waals surface area contributed by atoms with Crippen molar-refractivity contribution < 1.29 is 0 Å². The van der Waals surface area contributed by atoms with Crippen LogP contribution in [0.4, 0.5) is 0 Å². The number of rotatable bonds is 2. The molecule has 5 nitrogen and oxygen atoms in total. The smallest absolute Gasteiger partial charge is 0.294 e. The van der Waals surface area contributed by atoms with Crippen LogP contribution in [-0.2, 0) is 19.4 Å². The molecule has 0 radical (unpaired) electrons. The van der Waals surface area contributed by atoms with Gasteiger partial charge >= 0.3 is 5.69 Å². The average molecular weight is 287 g/mol. The van der Waals surface area contributed by atoms with Crippen LogP contribution < -0.4 is 11.2 Å². The molecule has 0 unspecified atom stereocenters. The van der Waals surface area contributed by atoms with Crippen LogP contribution in [0.25, 0.3) is 0 Å². The van der Waals surface area contributed by atoms with Crippen molar-refractivity contribution in [2.45, 2.75) is 32.2 Å². The molecular formula is C14H13N3O2S. The first-order valence-electron chi connectivity index (χ1n) is 6.51. The Balaban J connectivity index is 1.95. The van der Waals surface area contributed by atoms with Crippen molar-refractivity contribution in [2.24, 2.45) is 0 Å². The number of nitriles is 1. The average Bonchev–Trinajstić information content (AvgIpc) is 2.84. The molecule has 0 bridgehead atoms. The molecule has 3 rings (SSSR count). The lowest BCUT2D eigenvalue weighted by Gasteiger charge is -2.08. The van der Waals surface area contributed by atoms with Gasteiger partial charge in [-0.25, -0.2) is 4.79 Å². The molecule has 0 fully saturated rings. The first kappa shape index (κ1) is 12.9. The number of aromatic amines is 1.